The quantitative estimate of drug-likeness (QED) is 0.545. The molecule has 1 aromatic rings. The van der Waals surface area contributed by atoms with Gasteiger partial charge in [-0.05, 0) is 50.6 Å². The van der Waals surface area contributed by atoms with E-state index < -0.39 is 0 Å². The lowest BCUT2D eigenvalue weighted by molar-refractivity contribution is 0.549. The third-order valence-electron chi connectivity index (χ3n) is 2.54. The molecule has 0 aliphatic rings. The molecule has 0 spiro atoms. The topological polar surface area (TPSA) is 12.0 Å². The molecule has 1 unspecified atom stereocenters. The van der Waals surface area contributed by atoms with Gasteiger partial charge in [-0.25, -0.2) is 0 Å². The zero-order valence-corrected chi connectivity index (χ0v) is 12.8. The van der Waals surface area contributed by atoms with Crippen LogP contribution in [0.4, 0.5) is 0 Å². The number of hydrogen-bond acceptors (Lipinski definition) is 2. The predicted octanol–water partition coefficient (Wildman–Crippen LogP) is 4.77. The van der Waals surface area contributed by atoms with Crippen LogP contribution < -0.4 is 5.32 Å². The van der Waals surface area contributed by atoms with Crippen LogP contribution in [-0.2, 0) is 0 Å². The number of benzene rings is 1. The second kappa shape index (κ2) is 8.63. The number of hydrogen-bond donors (Lipinski definition) is 1. The van der Waals surface area contributed by atoms with Gasteiger partial charge in [0.25, 0.3) is 0 Å². The van der Waals surface area contributed by atoms with Crippen LogP contribution in [0.25, 0.3) is 0 Å². The highest BCUT2D eigenvalue weighted by Gasteiger charge is 2.08. The molecule has 0 aliphatic heterocycles. The molecule has 0 amide bonds. The summed E-state index contributed by atoms with van der Waals surface area (Å²) in [5.74, 6) is 1.06. The van der Waals surface area contributed by atoms with Crippen LogP contribution in [0.15, 0.2) is 41.3 Å². The summed E-state index contributed by atoms with van der Waals surface area (Å²) in [6.45, 7) is 9.35. The maximum atomic E-state index is 5.88. The number of nitrogens with one attached hydrogen (secondary N) is 1. The summed E-state index contributed by atoms with van der Waals surface area (Å²) >= 11 is 7.75. The van der Waals surface area contributed by atoms with Crippen LogP contribution >= 0.6 is 23.4 Å². The molecule has 0 bridgehead atoms. The summed E-state index contributed by atoms with van der Waals surface area (Å²) in [6.07, 6.45) is 2.21. The molecule has 1 N–H and O–H groups in total. The third kappa shape index (κ3) is 6.48. The number of thioether (sulfide) groups is 1. The van der Waals surface area contributed by atoms with Gasteiger partial charge in [-0.1, -0.05) is 24.1 Å². The lowest BCUT2D eigenvalue weighted by Crippen LogP contribution is -2.32. The Labute approximate surface area is 120 Å². The molecule has 0 saturated heterocycles. The Morgan fingerprint density at radius 3 is 2.61 bits per heavy atom. The van der Waals surface area contributed by atoms with Crippen molar-refractivity contribution in [3.63, 3.8) is 0 Å². The second-order valence-corrected chi connectivity index (χ2v) is 6.11. The van der Waals surface area contributed by atoms with Gasteiger partial charge in [-0.3, -0.25) is 0 Å². The predicted molar refractivity (Wildman–Crippen MR) is 83.7 cm³/mol. The van der Waals surface area contributed by atoms with E-state index in [0.29, 0.717) is 6.04 Å². The third-order valence-corrected chi connectivity index (χ3v) is 3.97. The largest absolute Gasteiger partial charge is 0.313 e. The van der Waals surface area contributed by atoms with Crippen LogP contribution in [0.2, 0.25) is 5.02 Å². The Balaban J connectivity index is 2.44. The van der Waals surface area contributed by atoms with Crippen molar-refractivity contribution in [3.05, 3.63) is 41.4 Å². The van der Waals surface area contributed by atoms with Gasteiger partial charge in [0.2, 0.25) is 0 Å². The van der Waals surface area contributed by atoms with Crippen molar-refractivity contribution in [1.29, 1.82) is 0 Å². The van der Waals surface area contributed by atoms with Crippen molar-refractivity contribution in [1.82, 2.24) is 5.32 Å². The second-order valence-electron chi connectivity index (χ2n) is 4.58. The molecule has 0 aromatic heterocycles. The maximum absolute atomic E-state index is 5.88. The highest BCUT2D eigenvalue weighted by molar-refractivity contribution is 7.99. The molecule has 18 heavy (non-hydrogen) atoms. The minimum atomic E-state index is 0.503. The van der Waals surface area contributed by atoms with E-state index in [-0.39, 0.29) is 0 Å². The average molecular weight is 284 g/mol. The zero-order valence-electron chi connectivity index (χ0n) is 11.2. The van der Waals surface area contributed by atoms with Crippen LogP contribution in [0.3, 0.4) is 0 Å². The first-order valence-corrected chi connectivity index (χ1v) is 7.74. The lowest BCUT2D eigenvalue weighted by Gasteiger charge is -2.18. The highest BCUT2D eigenvalue weighted by atomic mass is 35.5. The van der Waals surface area contributed by atoms with Crippen molar-refractivity contribution in [2.75, 3.05) is 12.3 Å². The molecule has 100 valence electrons. The highest BCUT2D eigenvalue weighted by Crippen LogP contribution is 2.22. The van der Waals surface area contributed by atoms with Gasteiger partial charge in [0, 0.05) is 21.7 Å². The summed E-state index contributed by atoms with van der Waals surface area (Å²) in [7, 11) is 0. The summed E-state index contributed by atoms with van der Waals surface area (Å²) < 4.78 is 0. The van der Waals surface area contributed by atoms with Crippen LogP contribution in [-0.4, -0.2) is 18.3 Å². The van der Waals surface area contributed by atoms with Crippen LogP contribution in [0.5, 0.6) is 0 Å². The fourth-order valence-electron chi connectivity index (χ4n) is 1.69. The van der Waals surface area contributed by atoms with Gasteiger partial charge >= 0.3 is 0 Å². The van der Waals surface area contributed by atoms with E-state index >= 15 is 0 Å². The molecule has 3 heteroatoms. The molecule has 0 saturated carbocycles. The number of halogens is 1. The van der Waals surface area contributed by atoms with Gasteiger partial charge in [0.15, 0.2) is 0 Å². The minimum Gasteiger partial charge on any atom is -0.313 e. The van der Waals surface area contributed by atoms with Gasteiger partial charge in [-0.2, -0.15) is 0 Å². The van der Waals surface area contributed by atoms with Crippen molar-refractivity contribution < 1.29 is 0 Å². The van der Waals surface area contributed by atoms with Crippen LogP contribution in [0.1, 0.15) is 26.7 Å². The van der Waals surface area contributed by atoms with Gasteiger partial charge in [0.1, 0.15) is 0 Å². The fraction of sp³-hybridized carbons (Fsp3) is 0.467. The monoisotopic (exact) mass is 283 g/mol. The Morgan fingerprint density at radius 1 is 1.39 bits per heavy atom. The molecule has 1 rings (SSSR count). The van der Waals surface area contributed by atoms with Crippen molar-refractivity contribution in [2.45, 2.75) is 37.6 Å². The molecule has 0 radical (unpaired) electrons. The van der Waals surface area contributed by atoms with E-state index in [1.807, 2.05) is 23.9 Å². The van der Waals surface area contributed by atoms with E-state index in [2.05, 4.69) is 37.9 Å². The summed E-state index contributed by atoms with van der Waals surface area (Å²) in [4.78, 5) is 1.27. The first-order valence-electron chi connectivity index (χ1n) is 6.38. The normalized spacial score (nSPS) is 12.4. The van der Waals surface area contributed by atoms with Crippen LogP contribution in [0, 0.1) is 0 Å². The molecular weight excluding hydrogens is 262 g/mol. The van der Waals surface area contributed by atoms with Gasteiger partial charge in [-0.15, -0.1) is 18.3 Å². The van der Waals surface area contributed by atoms with Crippen molar-refractivity contribution >= 4 is 23.4 Å². The smallest absolute Gasteiger partial charge is 0.0406 e. The first-order chi connectivity index (χ1) is 8.61. The Kier molecular flexibility index (Phi) is 7.48. The molecule has 1 aromatic carbocycles. The maximum Gasteiger partial charge on any atom is 0.0406 e. The Hall–Kier alpha value is -0.440. The summed E-state index contributed by atoms with van der Waals surface area (Å²) in [5, 5.41) is 4.37. The SMILES string of the molecule is C=C(C)CC(CSc1ccc(Cl)cc1)NCCC. The molecule has 1 atom stereocenters. The van der Waals surface area contributed by atoms with E-state index in [1.165, 1.54) is 10.5 Å². The molecule has 0 fully saturated rings. The molecular formula is C15H22ClNS. The molecule has 0 aliphatic carbocycles. The zero-order chi connectivity index (χ0) is 13.4. The van der Waals surface area contributed by atoms with Gasteiger partial charge in [0.05, 0.1) is 0 Å². The van der Waals surface area contributed by atoms with E-state index in [9.17, 15) is 0 Å². The fourth-order valence-corrected chi connectivity index (χ4v) is 2.77. The standard InChI is InChI=1S/C15H22ClNS/c1-4-9-17-14(10-12(2)3)11-18-15-7-5-13(16)6-8-15/h5-8,14,17H,2,4,9-11H2,1,3H3. The number of rotatable bonds is 8. The van der Waals surface area contributed by atoms with E-state index in [0.717, 1.165) is 30.2 Å². The summed E-state index contributed by atoms with van der Waals surface area (Å²) in [6, 6.07) is 8.53. The average Bonchev–Trinajstić information content (AvgIpc) is 2.34. The Bertz CT molecular complexity index is 361. The lowest BCUT2D eigenvalue weighted by atomic mass is 10.1. The summed E-state index contributed by atoms with van der Waals surface area (Å²) in [5.41, 5.74) is 1.24. The molecule has 0 heterocycles. The minimum absolute atomic E-state index is 0.503. The van der Waals surface area contributed by atoms with Gasteiger partial charge < -0.3 is 5.32 Å². The first kappa shape index (κ1) is 15.6. The van der Waals surface area contributed by atoms with Crippen molar-refractivity contribution in [2.24, 2.45) is 0 Å². The molecule has 1 nitrogen and oxygen atoms in total. The van der Waals surface area contributed by atoms with E-state index in [1.54, 1.807) is 0 Å². The van der Waals surface area contributed by atoms with E-state index in [4.69, 9.17) is 11.6 Å². The van der Waals surface area contributed by atoms with Crippen molar-refractivity contribution in [3.8, 4) is 0 Å². The Morgan fingerprint density at radius 2 is 2.06 bits per heavy atom.